The van der Waals surface area contributed by atoms with Crippen LogP contribution >= 0.6 is 0 Å². The average molecular weight is 294 g/mol. The van der Waals surface area contributed by atoms with E-state index in [0.29, 0.717) is 0 Å². The monoisotopic (exact) mass is 294 g/mol. The highest BCUT2D eigenvalue weighted by molar-refractivity contribution is 6.00. The minimum atomic E-state index is -1.30. The molecule has 3 heterocycles. The normalized spacial score (nSPS) is 17.8. The fourth-order valence-corrected chi connectivity index (χ4v) is 2.14. The first kappa shape index (κ1) is 13.1. The predicted octanol–water partition coefficient (Wildman–Crippen LogP) is -0.500. The number of hydrogen-bond acceptors (Lipinski definition) is 7. The quantitative estimate of drug-likeness (QED) is 0.773. The molecule has 3 rings (SSSR count). The second kappa shape index (κ2) is 4.58. The summed E-state index contributed by atoms with van der Waals surface area (Å²) in [7, 11) is 0. The molecular formula is C11H10N4O6. The molecule has 0 spiro atoms. The van der Waals surface area contributed by atoms with Gasteiger partial charge in [-0.15, -0.1) is 0 Å². The fraction of sp³-hybridized carbons (Fsp3) is 0.364. The molecule has 1 aliphatic rings. The van der Waals surface area contributed by atoms with Gasteiger partial charge in [-0.2, -0.15) is 5.10 Å². The SMILES string of the molecule is Cc1onc2c(=O)n(CC3CNC(=O)O3)nc(C(=O)O)c12. The smallest absolute Gasteiger partial charge is 0.407 e. The van der Waals surface area contributed by atoms with Crippen molar-refractivity contribution in [3.63, 3.8) is 0 Å². The lowest BCUT2D eigenvalue weighted by molar-refractivity contribution is 0.0687. The Balaban J connectivity index is 2.11. The van der Waals surface area contributed by atoms with Gasteiger partial charge in [0.15, 0.2) is 11.2 Å². The number of hydrogen-bond donors (Lipinski definition) is 2. The first-order valence-corrected chi connectivity index (χ1v) is 6.02. The Morgan fingerprint density at radius 3 is 2.90 bits per heavy atom. The van der Waals surface area contributed by atoms with Crippen LogP contribution in [-0.4, -0.2) is 44.8 Å². The highest BCUT2D eigenvalue weighted by Gasteiger charge is 2.27. The standard InChI is InChI=1S/C11H10N4O6/c1-4-6-7(14-21-4)9(16)15(13-8(6)10(17)18)3-5-2-12-11(19)20-5/h5H,2-3H2,1H3,(H,12,19)(H,17,18). The molecule has 0 bridgehead atoms. The number of fused-ring (bicyclic) bond motifs is 1. The molecule has 2 aromatic rings. The summed E-state index contributed by atoms with van der Waals surface area (Å²) < 4.78 is 10.7. The van der Waals surface area contributed by atoms with E-state index in [9.17, 15) is 19.5 Å². The first-order valence-electron chi connectivity index (χ1n) is 6.02. The average Bonchev–Trinajstić information content (AvgIpc) is 3.00. The van der Waals surface area contributed by atoms with E-state index in [2.05, 4.69) is 15.6 Å². The van der Waals surface area contributed by atoms with Crippen LogP contribution < -0.4 is 10.9 Å². The molecule has 10 nitrogen and oxygen atoms in total. The van der Waals surface area contributed by atoms with Crippen molar-refractivity contribution < 1.29 is 24.0 Å². The second-order valence-electron chi connectivity index (χ2n) is 4.51. The van der Waals surface area contributed by atoms with Gasteiger partial charge in [-0.3, -0.25) is 4.79 Å². The maximum absolute atomic E-state index is 12.2. The Kier molecular flexibility index (Phi) is 2.85. The number of carbonyl (C=O) groups excluding carboxylic acids is 1. The van der Waals surface area contributed by atoms with E-state index in [1.54, 1.807) is 0 Å². The fourth-order valence-electron chi connectivity index (χ4n) is 2.14. The summed E-state index contributed by atoms with van der Waals surface area (Å²) in [5, 5.41) is 19.1. The third-order valence-corrected chi connectivity index (χ3v) is 3.08. The molecule has 0 aromatic carbocycles. The van der Waals surface area contributed by atoms with Crippen LogP contribution in [-0.2, 0) is 11.3 Å². The minimum Gasteiger partial charge on any atom is -0.476 e. The number of aromatic carboxylic acids is 1. The van der Waals surface area contributed by atoms with Gasteiger partial charge >= 0.3 is 12.1 Å². The molecular weight excluding hydrogens is 284 g/mol. The maximum Gasteiger partial charge on any atom is 0.407 e. The predicted molar refractivity (Wildman–Crippen MR) is 66.0 cm³/mol. The molecule has 1 amide bonds. The number of amides is 1. The molecule has 21 heavy (non-hydrogen) atoms. The number of aryl methyl sites for hydroxylation is 1. The molecule has 0 saturated carbocycles. The number of carboxylic acids is 1. The maximum atomic E-state index is 12.2. The van der Waals surface area contributed by atoms with E-state index in [-0.39, 0.29) is 35.4 Å². The van der Waals surface area contributed by atoms with Gasteiger partial charge in [0.2, 0.25) is 0 Å². The van der Waals surface area contributed by atoms with E-state index < -0.39 is 23.7 Å². The summed E-state index contributed by atoms with van der Waals surface area (Å²) in [6.45, 7) is 1.64. The largest absolute Gasteiger partial charge is 0.476 e. The molecule has 0 radical (unpaired) electrons. The van der Waals surface area contributed by atoms with Crippen LogP contribution in [0.5, 0.6) is 0 Å². The van der Waals surface area contributed by atoms with E-state index in [4.69, 9.17) is 9.26 Å². The van der Waals surface area contributed by atoms with Gasteiger partial charge in [0.25, 0.3) is 5.56 Å². The zero-order valence-corrected chi connectivity index (χ0v) is 10.8. The Morgan fingerprint density at radius 1 is 1.52 bits per heavy atom. The lowest BCUT2D eigenvalue weighted by atomic mass is 10.2. The molecule has 1 fully saturated rings. The number of carboxylic acid groups (broad SMARTS) is 1. The summed E-state index contributed by atoms with van der Waals surface area (Å²) in [6, 6.07) is 0. The van der Waals surface area contributed by atoms with Gasteiger partial charge in [0, 0.05) is 0 Å². The van der Waals surface area contributed by atoms with Crippen LogP contribution in [0.2, 0.25) is 0 Å². The number of nitrogens with zero attached hydrogens (tertiary/aromatic N) is 3. The number of carbonyl (C=O) groups is 2. The van der Waals surface area contributed by atoms with Crippen LogP contribution in [0.1, 0.15) is 16.2 Å². The summed E-state index contributed by atoms with van der Waals surface area (Å²) in [6.07, 6.45) is -1.19. The van der Waals surface area contributed by atoms with Crippen LogP contribution in [0.3, 0.4) is 0 Å². The summed E-state index contributed by atoms with van der Waals surface area (Å²) in [5.74, 6) is -1.10. The third kappa shape index (κ3) is 2.10. The van der Waals surface area contributed by atoms with Crippen molar-refractivity contribution in [2.45, 2.75) is 19.6 Å². The number of aromatic nitrogens is 3. The molecule has 1 atom stereocenters. The molecule has 2 aromatic heterocycles. The first-order chi connectivity index (χ1) is 9.97. The van der Waals surface area contributed by atoms with Crippen LogP contribution in [0.25, 0.3) is 10.9 Å². The second-order valence-corrected chi connectivity index (χ2v) is 4.51. The van der Waals surface area contributed by atoms with Crippen molar-refractivity contribution >= 4 is 23.0 Å². The zero-order valence-electron chi connectivity index (χ0n) is 10.8. The summed E-state index contributed by atoms with van der Waals surface area (Å²) in [4.78, 5) is 34.4. The van der Waals surface area contributed by atoms with Gasteiger partial charge in [-0.05, 0) is 6.92 Å². The Bertz CT molecular complexity index is 807. The molecule has 1 saturated heterocycles. The summed E-state index contributed by atoms with van der Waals surface area (Å²) >= 11 is 0. The molecule has 2 N–H and O–H groups in total. The molecule has 110 valence electrons. The van der Waals surface area contributed by atoms with Gasteiger partial charge in [-0.1, -0.05) is 5.16 Å². The van der Waals surface area contributed by atoms with E-state index >= 15 is 0 Å². The number of ether oxygens (including phenoxy) is 1. The van der Waals surface area contributed by atoms with Crippen molar-refractivity contribution in [3.05, 3.63) is 21.8 Å². The summed E-state index contributed by atoms with van der Waals surface area (Å²) in [5.41, 5.74) is -1.05. The van der Waals surface area contributed by atoms with Gasteiger partial charge in [0.05, 0.1) is 18.5 Å². The van der Waals surface area contributed by atoms with Crippen molar-refractivity contribution in [1.29, 1.82) is 0 Å². The molecule has 1 unspecified atom stereocenters. The van der Waals surface area contributed by atoms with Crippen molar-refractivity contribution in [1.82, 2.24) is 20.3 Å². The highest BCUT2D eigenvalue weighted by Crippen LogP contribution is 2.17. The molecule has 1 aliphatic heterocycles. The van der Waals surface area contributed by atoms with Crippen LogP contribution in [0, 0.1) is 6.92 Å². The van der Waals surface area contributed by atoms with Crippen molar-refractivity contribution in [2.24, 2.45) is 0 Å². The number of alkyl carbamates (subject to hydrolysis) is 1. The number of cyclic esters (lactones) is 1. The van der Waals surface area contributed by atoms with E-state index in [1.165, 1.54) is 6.92 Å². The van der Waals surface area contributed by atoms with Crippen molar-refractivity contribution in [2.75, 3.05) is 6.54 Å². The molecule has 0 aliphatic carbocycles. The topological polar surface area (TPSA) is 137 Å². The Labute approximate surface area is 116 Å². The van der Waals surface area contributed by atoms with Gasteiger partial charge in [0.1, 0.15) is 11.9 Å². The Morgan fingerprint density at radius 2 is 2.29 bits per heavy atom. The highest BCUT2D eigenvalue weighted by atomic mass is 16.6. The number of nitrogens with one attached hydrogen (secondary N) is 1. The van der Waals surface area contributed by atoms with E-state index in [1.807, 2.05) is 0 Å². The van der Waals surface area contributed by atoms with Crippen molar-refractivity contribution in [3.8, 4) is 0 Å². The van der Waals surface area contributed by atoms with Crippen LogP contribution in [0.4, 0.5) is 4.79 Å². The third-order valence-electron chi connectivity index (χ3n) is 3.08. The Hall–Kier alpha value is -2.91. The minimum absolute atomic E-state index is 0.0697. The lowest BCUT2D eigenvalue weighted by Gasteiger charge is -2.10. The zero-order chi connectivity index (χ0) is 15.1. The van der Waals surface area contributed by atoms with Gasteiger partial charge in [-0.25, -0.2) is 14.3 Å². The van der Waals surface area contributed by atoms with Gasteiger partial charge < -0.3 is 19.7 Å². The lowest BCUT2D eigenvalue weighted by Crippen LogP contribution is -2.32. The van der Waals surface area contributed by atoms with Crippen LogP contribution in [0.15, 0.2) is 9.32 Å². The molecule has 10 heteroatoms. The number of rotatable bonds is 3. The van der Waals surface area contributed by atoms with E-state index in [0.717, 1.165) is 4.68 Å².